The van der Waals surface area contributed by atoms with Gasteiger partial charge in [0.05, 0.1) is 12.4 Å². The molecule has 2 aromatic rings. The number of rotatable bonds is 7. The summed E-state index contributed by atoms with van der Waals surface area (Å²) in [5.74, 6) is -0.447. The monoisotopic (exact) mass is 407 g/mol. The van der Waals surface area contributed by atoms with Crippen LogP contribution in [0, 0.1) is 0 Å². The van der Waals surface area contributed by atoms with Crippen LogP contribution in [0.5, 0.6) is 0 Å². The molecule has 0 bridgehead atoms. The summed E-state index contributed by atoms with van der Waals surface area (Å²) in [5.41, 5.74) is 12.6. The van der Waals surface area contributed by atoms with E-state index in [1.54, 1.807) is 10.9 Å². The lowest BCUT2D eigenvalue weighted by molar-refractivity contribution is -0.201. The van der Waals surface area contributed by atoms with E-state index in [-0.39, 0.29) is 18.3 Å². The van der Waals surface area contributed by atoms with Crippen molar-refractivity contribution in [3.05, 3.63) is 12.7 Å². The molecule has 2 fully saturated rings. The van der Waals surface area contributed by atoms with Crippen LogP contribution in [0.15, 0.2) is 12.7 Å². The predicted molar refractivity (Wildman–Crippen MR) is 104 cm³/mol. The number of ether oxygens (including phenoxy) is 3. The van der Waals surface area contributed by atoms with Gasteiger partial charge in [-0.1, -0.05) is 0 Å². The lowest BCUT2D eigenvalue weighted by atomic mass is 10.1. The fraction of sp³-hybridized carbons (Fsp3) is 0.722. The Morgan fingerprint density at radius 3 is 2.79 bits per heavy atom. The largest absolute Gasteiger partial charge is 0.382 e. The van der Waals surface area contributed by atoms with Gasteiger partial charge in [-0.25, -0.2) is 15.0 Å². The number of imidazole rings is 1. The summed E-state index contributed by atoms with van der Waals surface area (Å²) in [6.07, 6.45) is 1.95. The summed E-state index contributed by atoms with van der Waals surface area (Å²) < 4.78 is 20.4. The van der Waals surface area contributed by atoms with Gasteiger partial charge in [-0.15, -0.1) is 0 Å². The topological polar surface area (TPSA) is 147 Å². The van der Waals surface area contributed by atoms with Crippen molar-refractivity contribution in [1.82, 2.24) is 24.4 Å². The van der Waals surface area contributed by atoms with Gasteiger partial charge < -0.3 is 30.8 Å². The van der Waals surface area contributed by atoms with E-state index in [2.05, 4.69) is 15.0 Å². The Morgan fingerprint density at radius 2 is 2.03 bits per heavy atom. The minimum absolute atomic E-state index is 0.306. The van der Waals surface area contributed by atoms with Gasteiger partial charge in [0.1, 0.15) is 30.3 Å². The molecule has 2 saturated heterocycles. The maximum atomic E-state index is 10.6. The van der Waals surface area contributed by atoms with Crippen LogP contribution in [-0.4, -0.2) is 80.0 Å². The van der Waals surface area contributed by atoms with Crippen LogP contribution in [0.2, 0.25) is 0 Å². The summed E-state index contributed by atoms with van der Waals surface area (Å²) in [7, 11) is 1.86. The number of aliphatic hydroxyl groups excluding tert-OH is 1. The summed E-state index contributed by atoms with van der Waals surface area (Å²) in [5, 5.41) is 10.6. The van der Waals surface area contributed by atoms with Gasteiger partial charge in [-0.2, -0.15) is 0 Å². The highest BCUT2D eigenvalue weighted by atomic mass is 16.8. The molecule has 2 aliphatic rings. The predicted octanol–water partition coefficient (Wildman–Crippen LogP) is -0.185. The highest BCUT2D eigenvalue weighted by Crippen LogP contribution is 2.45. The summed E-state index contributed by atoms with van der Waals surface area (Å²) in [4.78, 5) is 14.5. The Morgan fingerprint density at radius 1 is 1.28 bits per heavy atom. The Kier molecular flexibility index (Phi) is 5.44. The van der Waals surface area contributed by atoms with Crippen molar-refractivity contribution in [2.75, 3.05) is 25.9 Å². The van der Waals surface area contributed by atoms with Gasteiger partial charge in [0.25, 0.3) is 0 Å². The van der Waals surface area contributed by atoms with E-state index in [0.717, 1.165) is 6.42 Å². The Labute approximate surface area is 168 Å². The highest BCUT2D eigenvalue weighted by molar-refractivity contribution is 5.81. The molecule has 0 aromatic carbocycles. The normalized spacial score (nSPS) is 29.6. The minimum atomic E-state index is -0.754. The quantitative estimate of drug-likeness (QED) is 0.528. The molecule has 0 radical (unpaired) electrons. The van der Waals surface area contributed by atoms with Crippen LogP contribution in [0.3, 0.4) is 0 Å². The standard InChI is InChI=1S/C18H29N7O4/c1-18(2)28-13-10(7-11(26)24(3)6-4-5-19)27-17(14(13)29-18)25-9-23-12-15(20)21-8-22-16(12)25/h8-11,13-14,17,26H,4-7,19H2,1-3H3,(H2,20,21,22)/t10-,11?,13-,14-,17?/m1/s1. The fourth-order valence-electron chi connectivity index (χ4n) is 4.01. The minimum Gasteiger partial charge on any atom is -0.382 e. The van der Waals surface area contributed by atoms with Crippen LogP contribution < -0.4 is 11.5 Å². The maximum absolute atomic E-state index is 10.6. The number of hydrogen-bond donors (Lipinski definition) is 3. The molecule has 5 atom stereocenters. The van der Waals surface area contributed by atoms with E-state index < -0.39 is 18.2 Å². The summed E-state index contributed by atoms with van der Waals surface area (Å²) in [6, 6.07) is 0. The lowest BCUT2D eigenvalue weighted by Crippen LogP contribution is -2.39. The van der Waals surface area contributed by atoms with E-state index in [4.69, 9.17) is 25.7 Å². The Hall–Kier alpha value is -1.89. The van der Waals surface area contributed by atoms with Gasteiger partial charge >= 0.3 is 0 Å². The Balaban J connectivity index is 1.58. The zero-order chi connectivity index (χ0) is 20.8. The Bertz CT molecular complexity index is 860. The van der Waals surface area contributed by atoms with Crippen LogP contribution in [0.25, 0.3) is 11.2 Å². The molecule has 4 heterocycles. The molecular weight excluding hydrogens is 378 g/mol. The second-order valence-electron chi connectivity index (χ2n) is 8.05. The number of nitrogens with two attached hydrogens (primary N) is 2. The SMILES string of the molecule is CN(CCCN)C(O)C[C@H]1OC(n2cnc3c(N)ncnc32)[C@@H]2OC(C)(C)O[C@H]12. The first-order valence-electron chi connectivity index (χ1n) is 9.83. The molecule has 29 heavy (non-hydrogen) atoms. The molecule has 0 spiro atoms. The average molecular weight is 407 g/mol. The number of fused-ring (bicyclic) bond motifs is 2. The van der Waals surface area contributed by atoms with E-state index >= 15 is 0 Å². The molecular formula is C18H29N7O4. The first-order chi connectivity index (χ1) is 13.8. The van der Waals surface area contributed by atoms with E-state index in [1.165, 1.54) is 6.33 Å². The number of aliphatic hydroxyl groups is 1. The number of nitrogens with zero attached hydrogens (tertiary/aromatic N) is 5. The molecule has 11 nitrogen and oxygen atoms in total. The van der Waals surface area contributed by atoms with Crippen molar-refractivity contribution in [3.63, 3.8) is 0 Å². The molecule has 0 amide bonds. The van der Waals surface area contributed by atoms with Gasteiger partial charge in [-0.05, 0) is 33.9 Å². The van der Waals surface area contributed by atoms with Crippen LogP contribution >= 0.6 is 0 Å². The second kappa shape index (κ2) is 7.74. The van der Waals surface area contributed by atoms with Crippen LogP contribution in [-0.2, 0) is 14.2 Å². The van der Waals surface area contributed by atoms with Gasteiger partial charge in [0.2, 0.25) is 0 Å². The maximum Gasteiger partial charge on any atom is 0.167 e. The third-order valence-corrected chi connectivity index (χ3v) is 5.45. The van der Waals surface area contributed by atoms with Crippen molar-refractivity contribution >= 4 is 17.0 Å². The third kappa shape index (κ3) is 3.81. The fourth-order valence-corrected chi connectivity index (χ4v) is 4.01. The smallest absolute Gasteiger partial charge is 0.167 e. The summed E-state index contributed by atoms with van der Waals surface area (Å²) >= 11 is 0. The van der Waals surface area contributed by atoms with E-state index in [0.29, 0.717) is 36.5 Å². The molecule has 4 rings (SSSR count). The van der Waals surface area contributed by atoms with E-state index in [9.17, 15) is 5.11 Å². The molecule has 0 aliphatic carbocycles. The first kappa shape index (κ1) is 20.4. The molecule has 11 heteroatoms. The number of anilines is 1. The number of nitrogen functional groups attached to an aromatic ring is 1. The third-order valence-electron chi connectivity index (χ3n) is 5.45. The van der Waals surface area contributed by atoms with Crippen molar-refractivity contribution in [2.24, 2.45) is 5.73 Å². The molecule has 160 valence electrons. The zero-order valence-corrected chi connectivity index (χ0v) is 16.9. The molecule has 0 saturated carbocycles. The second-order valence-corrected chi connectivity index (χ2v) is 8.05. The van der Waals surface area contributed by atoms with Crippen molar-refractivity contribution in [2.45, 2.75) is 63.2 Å². The van der Waals surface area contributed by atoms with Gasteiger partial charge in [0, 0.05) is 13.0 Å². The molecule has 2 unspecified atom stereocenters. The number of hydrogen-bond acceptors (Lipinski definition) is 10. The first-order valence-corrected chi connectivity index (χ1v) is 9.83. The summed E-state index contributed by atoms with van der Waals surface area (Å²) in [6.45, 7) is 5.02. The average Bonchev–Trinajstić information content (AvgIpc) is 3.32. The van der Waals surface area contributed by atoms with Crippen LogP contribution in [0.1, 0.15) is 32.9 Å². The molecule has 5 N–H and O–H groups in total. The molecule has 2 aromatic heterocycles. The highest BCUT2D eigenvalue weighted by Gasteiger charge is 2.56. The number of aromatic nitrogens is 4. The van der Waals surface area contributed by atoms with Crippen LogP contribution in [0.4, 0.5) is 5.82 Å². The van der Waals surface area contributed by atoms with Gasteiger partial charge in [0.15, 0.2) is 23.5 Å². The van der Waals surface area contributed by atoms with E-state index in [1.807, 2.05) is 25.8 Å². The lowest BCUT2D eigenvalue weighted by Gasteiger charge is -2.28. The van der Waals surface area contributed by atoms with Crippen molar-refractivity contribution in [1.29, 1.82) is 0 Å². The van der Waals surface area contributed by atoms with Crippen molar-refractivity contribution < 1.29 is 19.3 Å². The zero-order valence-electron chi connectivity index (χ0n) is 16.9. The van der Waals surface area contributed by atoms with Crippen molar-refractivity contribution in [3.8, 4) is 0 Å². The van der Waals surface area contributed by atoms with Gasteiger partial charge in [-0.3, -0.25) is 9.47 Å². The molecule has 2 aliphatic heterocycles.